The summed E-state index contributed by atoms with van der Waals surface area (Å²) in [7, 11) is 0. The predicted molar refractivity (Wildman–Crippen MR) is 102 cm³/mol. The van der Waals surface area contributed by atoms with E-state index < -0.39 is 11.9 Å². The summed E-state index contributed by atoms with van der Waals surface area (Å²) in [5, 5.41) is 8.71. The van der Waals surface area contributed by atoms with E-state index in [4.69, 9.17) is 22.3 Å². The molecule has 0 saturated heterocycles. The van der Waals surface area contributed by atoms with Crippen molar-refractivity contribution >= 4 is 55.1 Å². The Kier molecular flexibility index (Phi) is 6.80. The highest BCUT2D eigenvalue weighted by Crippen LogP contribution is 2.25. The van der Waals surface area contributed by atoms with Crippen LogP contribution in [0.3, 0.4) is 0 Å². The lowest BCUT2D eigenvalue weighted by atomic mass is 10.1. The molecule has 2 aromatic rings. The fraction of sp³-hybridized carbons (Fsp3) is 0.125. The minimum atomic E-state index is -1.00. The lowest BCUT2D eigenvalue weighted by Gasteiger charge is -2.04. The van der Waals surface area contributed by atoms with Gasteiger partial charge in [0.15, 0.2) is 0 Å². The molecule has 0 radical (unpaired) electrons. The smallest absolute Gasteiger partial charge is 0.337 e. The molecule has 0 heterocycles. The number of carboxylic acid groups (broad SMARTS) is 1. The molecule has 0 spiro atoms. The van der Waals surface area contributed by atoms with Crippen LogP contribution in [0.1, 0.15) is 31.8 Å². The molecule has 0 atom stereocenters. The largest absolute Gasteiger partial charge is 0.478 e. The third-order valence-electron chi connectivity index (χ3n) is 3.04. The summed E-state index contributed by atoms with van der Waals surface area (Å²) in [6.07, 6.45) is 0. The van der Waals surface area contributed by atoms with E-state index in [9.17, 15) is 9.59 Å². The Morgan fingerprint density at radius 1 is 0.875 bits per heavy atom. The van der Waals surface area contributed by atoms with Gasteiger partial charge < -0.3 is 22.3 Å². The second kappa shape index (κ2) is 8.16. The number of hydrogen-bond donors (Lipinski definition) is 4. The fourth-order valence-corrected chi connectivity index (χ4v) is 3.04. The summed E-state index contributed by atoms with van der Waals surface area (Å²) in [6, 6.07) is 6.83. The normalized spacial score (nSPS) is 9.83. The highest BCUT2D eigenvalue weighted by molar-refractivity contribution is 9.11. The number of carboxylic acids is 1. The number of carbonyl (C=O) groups is 2. The van der Waals surface area contributed by atoms with Crippen LogP contribution in [0.15, 0.2) is 33.2 Å². The highest BCUT2D eigenvalue weighted by atomic mass is 79.9. The van der Waals surface area contributed by atoms with Crippen LogP contribution in [-0.2, 0) is 0 Å². The Morgan fingerprint density at radius 2 is 1.25 bits per heavy atom. The molecule has 0 bridgehead atoms. The van der Waals surface area contributed by atoms with Crippen LogP contribution in [0.2, 0.25) is 0 Å². The Hall–Kier alpha value is -2.06. The lowest BCUT2D eigenvalue weighted by Crippen LogP contribution is -2.14. The molecule has 0 aliphatic rings. The van der Waals surface area contributed by atoms with E-state index in [2.05, 4.69) is 31.9 Å². The van der Waals surface area contributed by atoms with Gasteiger partial charge in [-0.15, -0.1) is 0 Å². The molecule has 0 unspecified atom stereocenters. The Morgan fingerprint density at radius 3 is 1.62 bits per heavy atom. The van der Waals surface area contributed by atoms with Crippen molar-refractivity contribution in [2.45, 2.75) is 13.8 Å². The molecule has 0 aromatic heterocycles. The standard InChI is InChI=1S/C8H9BrN2O.C8H8BrNO2/c2*1-4-2-5(8(11)12)7(10)6(9)3-4/h2-3H,10H2,1H3,(H2,11,12);2-3H,10H2,1H3,(H,11,12). The lowest BCUT2D eigenvalue weighted by molar-refractivity contribution is 0.0697. The van der Waals surface area contributed by atoms with E-state index in [1.807, 2.05) is 19.9 Å². The van der Waals surface area contributed by atoms with Crippen LogP contribution in [0, 0.1) is 13.8 Å². The van der Waals surface area contributed by atoms with Gasteiger partial charge in [-0.05, 0) is 81.1 Å². The maximum absolute atomic E-state index is 10.8. The van der Waals surface area contributed by atoms with Gasteiger partial charge >= 0.3 is 5.97 Å². The molecule has 6 nitrogen and oxygen atoms in total. The monoisotopic (exact) mass is 457 g/mol. The van der Waals surface area contributed by atoms with Crippen molar-refractivity contribution in [1.29, 1.82) is 0 Å². The Balaban J connectivity index is 0.000000240. The van der Waals surface area contributed by atoms with Crippen molar-refractivity contribution in [1.82, 2.24) is 0 Å². The summed E-state index contributed by atoms with van der Waals surface area (Å²) in [6.45, 7) is 3.69. The van der Waals surface area contributed by atoms with Crippen LogP contribution in [0.25, 0.3) is 0 Å². The van der Waals surface area contributed by atoms with Gasteiger partial charge in [-0.3, -0.25) is 4.79 Å². The Bertz CT molecular complexity index is 740. The van der Waals surface area contributed by atoms with Crippen LogP contribution < -0.4 is 17.2 Å². The summed E-state index contributed by atoms with van der Waals surface area (Å²) >= 11 is 6.41. The van der Waals surface area contributed by atoms with E-state index in [0.29, 0.717) is 20.2 Å². The van der Waals surface area contributed by atoms with E-state index in [1.165, 1.54) is 0 Å². The maximum Gasteiger partial charge on any atom is 0.337 e. The van der Waals surface area contributed by atoms with Crippen molar-refractivity contribution in [2.24, 2.45) is 5.73 Å². The van der Waals surface area contributed by atoms with Gasteiger partial charge in [0.2, 0.25) is 0 Å². The number of hydrogen-bond acceptors (Lipinski definition) is 4. The Labute approximate surface area is 156 Å². The summed E-state index contributed by atoms with van der Waals surface area (Å²) in [4.78, 5) is 21.5. The highest BCUT2D eigenvalue weighted by Gasteiger charge is 2.10. The number of anilines is 2. The van der Waals surface area contributed by atoms with Crippen LogP contribution in [0.4, 0.5) is 11.4 Å². The van der Waals surface area contributed by atoms with Crippen molar-refractivity contribution in [2.75, 3.05) is 11.5 Å². The topological polar surface area (TPSA) is 132 Å². The summed E-state index contributed by atoms with van der Waals surface area (Å²) < 4.78 is 1.33. The third-order valence-corrected chi connectivity index (χ3v) is 4.36. The molecule has 7 N–H and O–H groups in total. The zero-order chi connectivity index (χ0) is 18.6. The molecular weight excluding hydrogens is 442 g/mol. The zero-order valence-corrected chi connectivity index (χ0v) is 16.2. The average Bonchev–Trinajstić information content (AvgIpc) is 2.46. The number of nitrogen functional groups attached to an aromatic ring is 2. The molecule has 2 aromatic carbocycles. The molecule has 8 heteroatoms. The van der Waals surface area contributed by atoms with Gasteiger partial charge in [0.25, 0.3) is 5.91 Å². The van der Waals surface area contributed by atoms with Gasteiger partial charge in [0.1, 0.15) is 0 Å². The number of halogens is 2. The van der Waals surface area contributed by atoms with Crippen LogP contribution >= 0.6 is 31.9 Å². The van der Waals surface area contributed by atoms with Crippen LogP contribution in [-0.4, -0.2) is 17.0 Å². The number of aryl methyl sites for hydroxylation is 2. The molecule has 0 aliphatic heterocycles. The van der Waals surface area contributed by atoms with Gasteiger partial charge in [-0.2, -0.15) is 0 Å². The molecule has 24 heavy (non-hydrogen) atoms. The van der Waals surface area contributed by atoms with Gasteiger partial charge in [-0.25, -0.2) is 4.79 Å². The number of primary amides is 1. The van der Waals surface area contributed by atoms with Gasteiger partial charge in [-0.1, -0.05) is 0 Å². The van der Waals surface area contributed by atoms with Crippen molar-refractivity contribution in [3.05, 3.63) is 55.5 Å². The van der Waals surface area contributed by atoms with E-state index >= 15 is 0 Å². The second-order valence-corrected chi connectivity index (χ2v) is 6.79. The first kappa shape index (κ1) is 20.0. The molecule has 0 saturated carbocycles. The molecule has 1 amide bonds. The van der Waals surface area contributed by atoms with Crippen molar-refractivity contribution in [3.8, 4) is 0 Å². The average molecular weight is 459 g/mol. The molecule has 2 rings (SSSR count). The molecule has 128 valence electrons. The van der Waals surface area contributed by atoms with E-state index in [-0.39, 0.29) is 11.3 Å². The number of benzene rings is 2. The first-order valence-electron chi connectivity index (χ1n) is 6.69. The number of amides is 1. The van der Waals surface area contributed by atoms with Gasteiger partial charge in [0, 0.05) is 8.95 Å². The third kappa shape index (κ3) is 4.97. The first-order chi connectivity index (χ1) is 11.0. The SMILES string of the molecule is Cc1cc(Br)c(N)c(C(=O)O)c1.Cc1cc(Br)c(N)c(C(N)=O)c1. The minimum Gasteiger partial charge on any atom is -0.478 e. The van der Waals surface area contributed by atoms with E-state index in [1.54, 1.807) is 18.2 Å². The number of nitrogens with two attached hydrogens (primary N) is 3. The molecule has 0 fully saturated rings. The fourth-order valence-electron chi connectivity index (χ4n) is 1.89. The summed E-state index contributed by atoms with van der Waals surface area (Å²) in [5.74, 6) is -1.51. The molecular formula is C16H17Br2N3O3. The predicted octanol–water partition coefficient (Wildman–Crippen LogP) is 3.48. The van der Waals surface area contributed by atoms with Crippen molar-refractivity contribution < 1.29 is 14.7 Å². The first-order valence-corrected chi connectivity index (χ1v) is 8.27. The van der Waals surface area contributed by atoms with Crippen LogP contribution in [0.5, 0.6) is 0 Å². The van der Waals surface area contributed by atoms with Crippen molar-refractivity contribution in [3.63, 3.8) is 0 Å². The minimum absolute atomic E-state index is 0.141. The zero-order valence-electron chi connectivity index (χ0n) is 13.1. The van der Waals surface area contributed by atoms with E-state index in [0.717, 1.165) is 11.1 Å². The second-order valence-electron chi connectivity index (χ2n) is 5.09. The number of rotatable bonds is 2. The molecule has 0 aliphatic carbocycles. The number of aromatic carboxylic acids is 1. The maximum atomic E-state index is 10.8. The van der Waals surface area contributed by atoms with Gasteiger partial charge in [0.05, 0.1) is 22.5 Å². The number of carbonyl (C=O) groups excluding carboxylic acids is 1. The quantitative estimate of drug-likeness (QED) is 0.511. The summed E-state index contributed by atoms with van der Waals surface area (Å²) in [5.41, 5.74) is 19.2.